The summed E-state index contributed by atoms with van der Waals surface area (Å²) in [5, 5.41) is 11.7. The third kappa shape index (κ3) is 9.40. The molecule has 0 spiro atoms. The van der Waals surface area contributed by atoms with Crippen molar-refractivity contribution < 1.29 is 24.2 Å². The van der Waals surface area contributed by atoms with Crippen molar-refractivity contribution in [3.05, 3.63) is 29.8 Å². The van der Waals surface area contributed by atoms with Gasteiger partial charge in [-0.2, -0.15) is 0 Å². The standard InChI is InChI=1S/C20H32N2O5/c1-19(2,3)26-12-16(18(24)25)22-17(23)15(21)11-13-7-9-14(10-8-13)27-20(4,5)6/h7-10,15-16H,11-12,21H2,1-6H3,(H,22,23)(H,24,25)/t15-,16-/m0/s1. The minimum atomic E-state index is -1.16. The van der Waals surface area contributed by atoms with Crippen LogP contribution in [0.2, 0.25) is 0 Å². The fourth-order valence-electron chi connectivity index (χ4n) is 2.18. The first-order chi connectivity index (χ1) is 12.3. The number of hydrogen-bond acceptors (Lipinski definition) is 5. The highest BCUT2D eigenvalue weighted by molar-refractivity contribution is 5.87. The number of carboxylic acids is 1. The summed E-state index contributed by atoms with van der Waals surface area (Å²) in [5.41, 5.74) is 6.01. The molecule has 27 heavy (non-hydrogen) atoms. The summed E-state index contributed by atoms with van der Waals surface area (Å²) in [4.78, 5) is 23.6. The van der Waals surface area contributed by atoms with E-state index in [1.54, 1.807) is 0 Å². The molecule has 0 fully saturated rings. The lowest BCUT2D eigenvalue weighted by Gasteiger charge is -2.24. The number of benzene rings is 1. The van der Waals surface area contributed by atoms with E-state index in [1.807, 2.05) is 65.8 Å². The summed E-state index contributed by atoms with van der Waals surface area (Å²) < 4.78 is 11.2. The SMILES string of the molecule is CC(C)(C)OC[C@H](NC(=O)[C@@H](N)Cc1ccc(OC(C)(C)C)cc1)C(=O)O. The van der Waals surface area contributed by atoms with Crippen LogP contribution in [0.1, 0.15) is 47.1 Å². The van der Waals surface area contributed by atoms with Crippen LogP contribution in [0, 0.1) is 0 Å². The topological polar surface area (TPSA) is 111 Å². The van der Waals surface area contributed by atoms with E-state index in [0.717, 1.165) is 11.3 Å². The van der Waals surface area contributed by atoms with Crippen LogP contribution in [0.5, 0.6) is 5.75 Å². The third-order valence-corrected chi connectivity index (χ3v) is 3.44. The van der Waals surface area contributed by atoms with Gasteiger partial charge in [-0.1, -0.05) is 12.1 Å². The summed E-state index contributed by atoms with van der Waals surface area (Å²) in [6, 6.07) is 5.31. The highest BCUT2D eigenvalue weighted by atomic mass is 16.5. The smallest absolute Gasteiger partial charge is 0.328 e. The van der Waals surface area contributed by atoms with Crippen molar-refractivity contribution in [2.24, 2.45) is 5.73 Å². The second kappa shape index (κ2) is 9.19. The van der Waals surface area contributed by atoms with Gasteiger partial charge in [-0.05, 0) is 65.7 Å². The Labute approximate surface area is 161 Å². The molecular weight excluding hydrogens is 348 g/mol. The average Bonchev–Trinajstić information content (AvgIpc) is 2.50. The first kappa shape index (κ1) is 22.9. The third-order valence-electron chi connectivity index (χ3n) is 3.44. The Hall–Kier alpha value is -2.12. The van der Waals surface area contributed by atoms with Gasteiger partial charge in [0.05, 0.1) is 18.2 Å². The van der Waals surface area contributed by atoms with Crippen molar-refractivity contribution in [2.45, 2.75) is 71.2 Å². The Morgan fingerprint density at radius 3 is 2.07 bits per heavy atom. The fraction of sp³-hybridized carbons (Fsp3) is 0.600. The lowest BCUT2D eigenvalue weighted by molar-refractivity contribution is -0.145. The molecule has 0 aliphatic heterocycles. The summed E-state index contributed by atoms with van der Waals surface area (Å²) in [6.07, 6.45) is 0.286. The minimum Gasteiger partial charge on any atom is -0.488 e. The van der Waals surface area contributed by atoms with Crippen molar-refractivity contribution in [3.63, 3.8) is 0 Å². The van der Waals surface area contributed by atoms with E-state index in [0.29, 0.717) is 0 Å². The Kier molecular flexibility index (Phi) is 7.80. The van der Waals surface area contributed by atoms with Gasteiger partial charge in [0, 0.05) is 0 Å². The number of hydrogen-bond donors (Lipinski definition) is 3. The second-order valence-corrected chi connectivity index (χ2v) is 8.49. The van der Waals surface area contributed by atoms with Gasteiger partial charge >= 0.3 is 5.97 Å². The zero-order chi connectivity index (χ0) is 20.8. The maximum atomic E-state index is 12.3. The zero-order valence-electron chi connectivity index (χ0n) is 17.0. The van der Waals surface area contributed by atoms with Crippen molar-refractivity contribution in [3.8, 4) is 5.75 Å². The minimum absolute atomic E-state index is 0.129. The van der Waals surface area contributed by atoms with E-state index < -0.39 is 29.6 Å². The van der Waals surface area contributed by atoms with Crippen molar-refractivity contribution in [1.29, 1.82) is 0 Å². The molecule has 0 heterocycles. The Bertz CT molecular complexity index is 629. The molecule has 1 aromatic rings. The number of carboxylic acid groups (broad SMARTS) is 1. The summed E-state index contributed by atoms with van der Waals surface area (Å²) in [7, 11) is 0. The largest absolute Gasteiger partial charge is 0.488 e. The van der Waals surface area contributed by atoms with Crippen LogP contribution < -0.4 is 15.8 Å². The zero-order valence-corrected chi connectivity index (χ0v) is 17.0. The Balaban J connectivity index is 2.63. The van der Waals surface area contributed by atoms with E-state index in [-0.39, 0.29) is 18.6 Å². The van der Waals surface area contributed by atoms with Crippen molar-refractivity contribution >= 4 is 11.9 Å². The van der Waals surface area contributed by atoms with Gasteiger partial charge in [0.1, 0.15) is 11.4 Å². The summed E-state index contributed by atoms with van der Waals surface area (Å²) in [5.74, 6) is -0.965. The number of ether oxygens (including phenoxy) is 2. The number of rotatable bonds is 8. The van der Waals surface area contributed by atoms with Gasteiger partial charge in [-0.15, -0.1) is 0 Å². The first-order valence-electron chi connectivity index (χ1n) is 8.97. The van der Waals surface area contributed by atoms with E-state index >= 15 is 0 Å². The van der Waals surface area contributed by atoms with E-state index in [1.165, 1.54) is 0 Å². The van der Waals surface area contributed by atoms with Crippen LogP contribution in [-0.2, 0) is 20.7 Å². The molecule has 2 atom stereocenters. The monoisotopic (exact) mass is 380 g/mol. The highest BCUT2D eigenvalue weighted by Gasteiger charge is 2.25. The van der Waals surface area contributed by atoms with Gasteiger partial charge < -0.3 is 25.6 Å². The number of nitrogens with two attached hydrogens (primary N) is 1. The maximum Gasteiger partial charge on any atom is 0.328 e. The molecular formula is C20H32N2O5. The maximum absolute atomic E-state index is 12.3. The molecule has 4 N–H and O–H groups in total. The van der Waals surface area contributed by atoms with Crippen LogP contribution >= 0.6 is 0 Å². The highest BCUT2D eigenvalue weighted by Crippen LogP contribution is 2.19. The lowest BCUT2D eigenvalue weighted by atomic mass is 10.1. The van der Waals surface area contributed by atoms with Gasteiger partial charge in [0.2, 0.25) is 5.91 Å². The van der Waals surface area contributed by atoms with Crippen LogP contribution in [0.25, 0.3) is 0 Å². The molecule has 0 aliphatic carbocycles. The van der Waals surface area contributed by atoms with Gasteiger partial charge in [-0.3, -0.25) is 4.79 Å². The first-order valence-corrected chi connectivity index (χ1v) is 8.97. The van der Waals surface area contributed by atoms with Gasteiger partial charge in [0.25, 0.3) is 0 Å². The molecule has 0 radical (unpaired) electrons. The molecule has 0 saturated carbocycles. The fourth-order valence-corrected chi connectivity index (χ4v) is 2.18. The average molecular weight is 380 g/mol. The molecule has 0 aromatic heterocycles. The van der Waals surface area contributed by atoms with Crippen LogP contribution in [0.15, 0.2) is 24.3 Å². The van der Waals surface area contributed by atoms with Gasteiger partial charge in [-0.25, -0.2) is 4.79 Å². The van der Waals surface area contributed by atoms with E-state index in [4.69, 9.17) is 15.2 Å². The quantitative estimate of drug-likeness (QED) is 0.637. The molecule has 0 aliphatic rings. The van der Waals surface area contributed by atoms with Crippen LogP contribution in [-0.4, -0.2) is 46.9 Å². The van der Waals surface area contributed by atoms with Crippen molar-refractivity contribution in [2.75, 3.05) is 6.61 Å². The molecule has 0 unspecified atom stereocenters. The van der Waals surface area contributed by atoms with E-state index in [2.05, 4.69) is 5.32 Å². The van der Waals surface area contributed by atoms with Crippen LogP contribution in [0.4, 0.5) is 0 Å². The number of nitrogens with one attached hydrogen (secondary N) is 1. The number of carbonyl (C=O) groups is 2. The number of amides is 1. The van der Waals surface area contributed by atoms with Crippen LogP contribution in [0.3, 0.4) is 0 Å². The second-order valence-electron chi connectivity index (χ2n) is 8.49. The predicted molar refractivity (Wildman–Crippen MR) is 104 cm³/mol. The molecule has 0 bridgehead atoms. The molecule has 0 saturated heterocycles. The van der Waals surface area contributed by atoms with Crippen molar-refractivity contribution in [1.82, 2.24) is 5.32 Å². The van der Waals surface area contributed by atoms with E-state index in [9.17, 15) is 14.7 Å². The molecule has 1 rings (SSSR count). The molecule has 7 heteroatoms. The Morgan fingerprint density at radius 1 is 1.07 bits per heavy atom. The molecule has 152 valence electrons. The summed E-state index contributed by atoms with van der Waals surface area (Å²) in [6.45, 7) is 11.2. The normalized spacial score (nSPS) is 14.3. The number of aliphatic carboxylic acids is 1. The summed E-state index contributed by atoms with van der Waals surface area (Å²) >= 11 is 0. The molecule has 1 amide bonds. The Morgan fingerprint density at radius 2 is 1.63 bits per heavy atom. The lowest BCUT2D eigenvalue weighted by Crippen LogP contribution is -2.51. The molecule has 1 aromatic carbocycles. The predicted octanol–water partition coefficient (Wildman–Crippen LogP) is 2.12. The number of carbonyl (C=O) groups excluding carboxylic acids is 1. The molecule has 7 nitrogen and oxygen atoms in total. The van der Waals surface area contributed by atoms with Gasteiger partial charge in [0.15, 0.2) is 6.04 Å².